The molecule has 1 fully saturated rings. The van der Waals surface area contributed by atoms with Gasteiger partial charge in [0.1, 0.15) is 5.75 Å². The molecule has 0 spiro atoms. The van der Waals surface area contributed by atoms with Gasteiger partial charge in [-0.25, -0.2) is 0 Å². The van der Waals surface area contributed by atoms with Crippen LogP contribution in [0.4, 0.5) is 0 Å². The van der Waals surface area contributed by atoms with Gasteiger partial charge in [-0.3, -0.25) is 4.79 Å². The summed E-state index contributed by atoms with van der Waals surface area (Å²) in [7, 11) is 0. The van der Waals surface area contributed by atoms with Crippen molar-refractivity contribution in [1.82, 2.24) is 5.32 Å². The lowest BCUT2D eigenvalue weighted by Crippen LogP contribution is -2.49. The third-order valence-corrected chi connectivity index (χ3v) is 3.60. The first-order valence-electron chi connectivity index (χ1n) is 7.39. The predicted octanol–water partition coefficient (Wildman–Crippen LogP) is 2.47. The van der Waals surface area contributed by atoms with Crippen LogP contribution in [0.25, 0.3) is 0 Å². The van der Waals surface area contributed by atoms with Gasteiger partial charge in [0.05, 0.1) is 6.10 Å². The summed E-state index contributed by atoms with van der Waals surface area (Å²) in [6.45, 7) is 3.93. The second-order valence-electron chi connectivity index (χ2n) is 5.72. The minimum Gasteiger partial charge on any atom is -0.491 e. The summed E-state index contributed by atoms with van der Waals surface area (Å²) in [6.07, 6.45) is 4.34. The maximum Gasteiger partial charge on any atom is 0.251 e. The highest BCUT2D eigenvalue weighted by molar-refractivity contribution is 5.94. The van der Waals surface area contributed by atoms with Crippen molar-refractivity contribution >= 4 is 5.91 Å². The summed E-state index contributed by atoms with van der Waals surface area (Å²) >= 11 is 0. The van der Waals surface area contributed by atoms with Crippen molar-refractivity contribution in [3.8, 4) is 5.75 Å². The highest BCUT2D eigenvalue weighted by Crippen LogP contribution is 2.19. The molecular formula is C16H24N2O2. The van der Waals surface area contributed by atoms with Crippen LogP contribution >= 0.6 is 0 Å². The van der Waals surface area contributed by atoms with E-state index in [0.717, 1.165) is 31.4 Å². The van der Waals surface area contributed by atoms with Gasteiger partial charge in [0.15, 0.2) is 0 Å². The van der Waals surface area contributed by atoms with E-state index in [1.165, 1.54) is 0 Å². The van der Waals surface area contributed by atoms with Gasteiger partial charge in [0.25, 0.3) is 5.91 Å². The molecule has 1 saturated carbocycles. The fourth-order valence-corrected chi connectivity index (χ4v) is 2.57. The first-order valence-corrected chi connectivity index (χ1v) is 7.39. The second kappa shape index (κ2) is 6.75. The molecule has 3 N–H and O–H groups in total. The number of hydrogen-bond acceptors (Lipinski definition) is 3. The summed E-state index contributed by atoms with van der Waals surface area (Å²) in [5.74, 6) is 0.655. The molecule has 1 aliphatic carbocycles. The number of nitrogens with two attached hydrogens (primary N) is 1. The molecule has 1 amide bonds. The number of hydrogen-bond donors (Lipinski definition) is 2. The molecule has 4 nitrogen and oxygen atoms in total. The Morgan fingerprint density at radius 2 is 2.10 bits per heavy atom. The molecule has 1 aromatic rings. The van der Waals surface area contributed by atoms with Crippen LogP contribution in [0.5, 0.6) is 5.75 Å². The van der Waals surface area contributed by atoms with Crippen LogP contribution in [0.1, 0.15) is 49.9 Å². The van der Waals surface area contributed by atoms with Crippen molar-refractivity contribution in [2.75, 3.05) is 0 Å². The molecule has 0 radical (unpaired) electrons. The van der Waals surface area contributed by atoms with E-state index in [1.54, 1.807) is 12.1 Å². The number of nitrogens with one attached hydrogen (secondary N) is 1. The number of rotatable bonds is 4. The van der Waals surface area contributed by atoms with Crippen LogP contribution in [-0.2, 0) is 0 Å². The Bertz CT molecular complexity index is 460. The zero-order valence-electron chi connectivity index (χ0n) is 12.3. The van der Waals surface area contributed by atoms with E-state index in [9.17, 15) is 4.79 Å². The van der Waals surface area contributed by atoms with Gasteiger partial charge >= 0.3 is 0 Å². The minimum atomic E-state index is -0.0680. The van der Waals surface area contributed by atoms with Gasteiger partial charge < -0.3 is 15.8 Å². The molecule has 20 heavy (non-hydrogen) atoms. The number of benzene rings is 1. The topological polar surface area (TPSA) is 64.3 Å². The Balaban J connectivity index is 2.01. The molecule has 0 aliphatic heterocycles. The number of carbonyl (C=O) groups excluding carboxylic acids is 1. The maximum absolute atomic E-state index is 12.3. The van der Waals surface area contributed by atoms with Crippen molar-refractivity contribution in [3.05, 3.63) is 29.8 Å². The smallest absolute Gasteiger partial charge is 0.251 e. The zero-order chi connectivity index (χ0) is 14.5. The number of carbonyl (C=O) groups is 1. The van der Waals surface area contributed by atoms with E-state index in [0.29, 0.717) is 5.56 Å². The first kappa shape index (κ1) is 14.9. The quantitative estimate of drug-likeness (QED) is 0.888. The Morgan fingerprint density at radius 1 is 1.35 bits per heavy atom. The standard InChI is InChI=1S/C16H24N2O2/c1-11(2)20-13-7-5-6-12(10-13)16(19)18-15-9-4-3-8-14(15)17/h5-7,10-11,14-15H,3-4,8-9,17H2,1-2H3,(H,18,19). The molecule has 0 bridgehead atoms. The first-order chi connectivity index (χ1) is 9.56. The second-order valence-corrected chi connectivity index (χ2v) is 5.72. The van der Waals surface area contributed by atoms with Gasteiger partial charge in [-0.15, -0.1) is 0 Å². The average molecular weight is 276 g/mol. The van der Waals surface area contributed by atoms with Gasteiger partial charge in [-0.1, -0.05) is 18.9 Å². The largest absolute Gasteiger partial charge is 0.491 e. The fraction of sp³-hybridized carbons (Fsp3) is 0.562. The third-order valence-electron chi connectivity index (χ3n) is 3.60. The third kappa shape index (κ3) is 3.97. The van der Waals surface area contributed by atoms with E-state index < -0.39 is 0 Å². The van der Waals surface area contributed by atoms with Gasteiger partial charge in [-0.05, 0) is 44.9 Å². The fourth-order valence-electron chi connectivity index (χ4n) is 2.57. The number of ether oxygens (including phenoxy) is 1. The number of amides is 1. The van der Waals surface area contributed by atoms with Crippen LogP contribution in [-0.4, -0.2) is 24.1 Å². The normalized spacial score (nSPS) is 22.6. The monoisotopic (exact) mass is 276 g/mol. The summed E-state index contributed by atoms with van der Waals surface area (Å²) < 4.78 is 5.61. The molecule has 1 aliphatic rings. The van der Waals surface area contributed by atoms with Crippen molar-refractivity contribution in [2.24, 2.45) is 5.73 Å². The summed E-state index contributed by atoms with van der Waals surface area (Å²) in [6, 6.07) is 7.45. The Labute approximate surface area is 120 Å². The predicted molar refractivity (Wildman–Crippen MR) is 79.9 cm³/mol. The maximum atomic E-state index is 12.3. The van der Waals surface area contributed by atoms with Gasteiger partial charge in [0, 0.05) is 17.6 Å². The van der Waals surface area contributed by atoms with E-state index >= 15 is 0 Å². The highest BCUT2D eigenvalue weighted by Gasteiger charge is 2.23. The highest BCUT2D eigenvalue weighted by atomic mass is 16.5. The van der Waals surface area contributed by atoms with E-state index in [4.69, 9.17) is 10.5 Å². The van der Waals surface area contributed by atoms with Crippen LogP contribution < -0.4 is 15.8 Å². The van der Waals surface area contributed by atoms with Crippen molar-refractivity contribution < 1.29 is 9.53 Å². The molecule has 0 heterocycles. The summed E-state index contributed by atoms with van der Waals surface area (Å²) in [4.78, 5) is 12.3. The lowest BCUT2D eigenvalue weighted by Gasteiger charge is -2.29. The van der Waals surface area contributed by atoms with Crippen molar-refractivity contribution in [1.29, 1.82) is 0 Å². The van der Waals surface area contributed by atoms with Gasteiger partial charge in [-0.2, -0.15) is 0 Å². The summed E-state index contributed by atoms with van der Waals surface area (Å²) in [5.41, 5.74) is 6.69. The lowest BCUT2D eigenvalue weighted by molar-refractivity contribution is 0.0920. The van der Waals surface area contributed by atoms with Crippen LogP contribution in [0, 0.1) is 0 Å². The lowest BCUT2D eigenvalue weighted by atomic mass is 9.91. The molecule has 1 aromatic carbocycles. The van der Waals surface area contributed by atoms with E-state index in [1.807, 2.05) is 26.0 Å². The molecule has 0 saturated heterocycles. The van der Waals surface area contributed by atoms with Crippen LogP contribution in [0.3, 0.4) is 0 Å². The zero-order valence-corrected chi connectivity index (χ0v) is 12.3. The SMILES string of the molecule is CC(C)Oc1cccc(C(=O)NC2CCCCC2N)c1. The van der Waals surface area contributed by atoms with Gasteiger partial charge in [0.2, 0.25) is 0 Å². The van der Waals surface area contributed by atoms with Crippen molar-refractivity contribution in [3.63, 3.8) is 0 Å². The van der Waals surface area contributed by atoms with Crippen molar-refractivity contribution in [2.45, 2.75) is 57.7 Å². The van der Waals surface area contributed by atoms with Crippen LogP contribution in [0.2, 0.25) is 0 Å². The Kier molecular flexibility index (Phi) is 5.01. The van der Waals surface area contributed by atoms with E-state index in [-0.39, 0.29) is 24.1 Å². The average Bonchev–Trinajstić information content (AvgIpc) is 2.41. The molecule has 4 heteroatoms. The minimum absolute atomic E-state index is 0.0680. The van der Waals surface area contributed by atoms with E-state index in [2.05, 4.69) is 5.32 Å². The molecule has 2 atom stereocenters. The molecule has 0 aromatic heterocycles. The molecule has 2 rings (SSSR count). The Hall–Kier alpha value is -1.55. The molecule has 110 valence electrons. The Morgan fingerprint density at radius 3 is 2.80 bits per heavy atom. The molecule has 2 unspecified atom stereocenters. The van der Waals surface area contributed by atoms with Crippen LogP contribution in [0.15, 0.2) is 24.3 Å². The summed E-state index contributed by atoms with van der Waals surface area (Å²) in [5, 5.41) is 3.05. The molecular weight excluding hydrogens is 252 g/mol.